The minimum atomic E-state index is -0.338. The van der Waals surface area contributed by atoms with E-state index in [1.807, 2.05) is 42.2 Å². The molecule has 6 rings (SSSR count). The van der Waals surface area contributed by atoms with Gasteiger partial charge in [0.15, 0.2) is 0 Å². The van der Waals surface area contributed by atoms with E-state index in [1.54, 1.807) is 11.3 Å². The number of fused-ring (bicyclic) bond motifs is 13. The summed E-state index contributed by atoms with van der Waals surface area (Å²) in [5.74, 6) is 0.188. The maximum absolute atomic E-state index is 13.8. The summed E-state index contributed by atoms with van der Waals surface area (Å²) in [5.41, 5.74) is 1.51. The number of benzene rings is 1. The number of para-hydroxylation sites is 1. The number of hydrogen-bond acceptors (Lipinski definition) is 8. The van der Waals surface area contributed by atoms with Gasteiger partial charge in [0, 0.05) is 61.2 Å². The van der Waals surface area contributed by atoms with Crippen molar-refractivity contribution in [3.05, 3.63) is 45.9 Å². The first-order chi connectivity index (χ1) is 23.7. The molecule has 268 valence electrons. The van der Waals surface area contributed by atoms with Gasteiger partial charge in [0.25, 0.3) is 0 Å². The van der Waals surface area contributed by atoms with E-state index in [9.17, 15) is 19.2 Å². The van der Waals surface area contributed by atoms with Crippen LogP contribution in [0.2, 0.25) is 0 Å². The van der Waals surface area contributed by atoms with Crippen molar-refractivity contribution in [1.29, 1.82) is 0 Å². The van der Waals surface area contributed by atoms with Gasteiger partial charge in [-0.05, 0) is 97.0 Å². The molecule has 1 aromatic carbocycles. The van der Waals surface area contributed by atoms with Crippen LogP contribution >= 0.6 is 11.3 Å². The normalized spacial score (nSPS) is 23.6. The monoisotopic (exact) mass is 694 g/mol. The van der Waals surface area contributed by atoms with Gasteiger partial charge in [-0.25, -0.2) is 9.78 Å². The Hall–Kier alpha value is -3.55. The van der Waals surface area contributed by atoms with Gasteiger partial charge >= 0.3 is 6.03 Å². The van der Waals surface area contributed by atoms with Crippen LogP contribution in [0.15, 0.2) is 30.3 Å². The average molecular weight is 695 g/mol. The maximum Gasteiger partial charge on any atom is 0.319 e. The molecule has 2 saturated heterocycles. The molecule has 0 saturated carbocycles. The Labute approximate surface area is 294 Å². The highest BCUT2D eigenvalue weighted by molar-refractivity contribution is 7.11. The van der Waals surface area contributed by atoms with Crippen LogP contribution in [0.1, 0.15) is 85.7 Å². The first kappa shape index (κ1) is 36.7. The van der Waals surface area contributed by atoms with Crippen LogP contribution in [-0.2, 0) is 20.8 Å². The fourth-order valence-corrected chi connectivity index (χ4v) is 8.10. The van der Waals surface area contributed by atoms with Crippen molar-refractivity contribution in [3.63, 3.8) is 0 Å². The number of carbonyl (C=O) groups is 4. The molecule has 0 radical (unpaired) electrons. The van der Waals surface area contributed by atoms with Crippen LogP contribution in [0, 0.1) is 6.92 Å². The summed E-state index contributed by atoms with van der Waals surface area (Å²) in [5, 5.41) is 16.6. The maximum atomic E-state index is 13.8. The van der Waals surface area contributed by atoms with Gasteiger partial charge in [-0.2, -0.15) is 0 Å². The molecule has 5 N–H and O–H groups in total. The van der Waals surface area contributed by atoms with E-state index in [1.165, 1.54) is 0 Å². The van der Waals surface area contributed by atoms with Crippen molar-refractivity contribution < 1.29 is 19.2 Å². The molecule has 0 unspecified atom stereocenters. The number of rotatable bonds is 8. The van der Waals surface area contributed by atoms with Crippen LogP contribution < -0.4 is 26.6 Å². The van der Waals surface area contributed by atoms with Crippen molar-refractivity contribution in [2.45, 2.75) is 102 Å². The zero-order chi connectivity index (χ0) is 34.6. The second-order valence-corrected chi connectivity index (χ2v) is 15.1. The molecular weight excluding hydrogens is 641 g/mol. The van der Waals surface area contributed by atoms with Crippen molar-refractivity contribution in [3.8, 4) is 0 Å². The van der Waals surface area contributed by atoms with E-state index in [0.717, 1.165) is 66.5 Å². The molecule has 2 aromatic rings. The largest absolute Gasteiger partial charge is 0.356 e. The Morgan fingerprint density at radius 1 is 0.980 bits per heavy atom. The van der Waals surface area contributed by atoms with Gasteiger partial charge in [0.1, 0.15) is 0 Å². The summed E-state index contributed by atoms with van der Waals surface area (Å²) in [7, 11) is 2.14. The lowest BCUT2D eigenvalue weighted by molar-refractivity contribution is -0.135. The number of likely N-dealkylation sites (tertiary alicyclic amines) is 1. The summed E-state index contributed by atoms with van der Waals surface area (Å²) in [6, 6.07) is 8.72. The molecule has 2 fully saturated rings. The van der Waals surface area contributed by atoms with E-state index < -0.39 is 0 Å². The third-order valence-corrected chi connectivity index (χ3v) is 11.1. The third kappa shape index (κ3) is 11.5. The van der Waals surface area contributed by atoms with E-state index in [-0.39, 0.29) is 54.6 Å². The van der Waals surface area contributed by atoms with Crippen LogP contribution in [0.4, 0.5) is 10.5 Å². The van der Waals surface area contributed by atoms with Gasteiger partial charge < -0.3 is 36.4 Å². The number of hydrogen-bond donors (Lipinski definition) is 5. The van der Waals surface area contributed by atoms with Gasteiger partial charge in [0.2, 0.25) is 17.7 Å². The number of piperidine rings is 2. The Morgan fingerprint density at radius 3 is 2.49 bits per heavy atom. The Balaban J connectivity index is 1.20. The molecule has 49 heavy (non-hydrogen) atoms. The molecule has 1 aromatic heterocycles. The topological polar surface area (TPSA) is 148 Å². The fraction of sp³-hybridized carbons (Fsp3) is 0.639. The van der Waals surface area contributed by atoms with Crippen LogP contribution in [-0.4, -0.2) is 103 Å². The van der Waals surface area contributed by atoms with Gasteiger partial charge in [0.05, 0.1) is 23.2 Å². The van der Waals surface area contributed by atoms with E-state index in [0.29, 0.717) is 57.9 Å². The molecule has 12 nitrogen and oxygen atoms in total. The van der Waals surface area contributed by atoms with Gasteiger partial charge in [-0.3, -0.25) is 14.4 Å². The molecule has 13 heteroatoms. The lowest BCUT2D eigenvalue weighted by Gasteiger charge is -2.36. The summed E-state index contributed by atoms with van der Waals surface area (Å²) < 4.78 is 0. The Bertz CT molecular complexity index is 1390. The first-order valence-electron chi connectivity index (χ1n) is 18.1. The quantitative estimate of drug-likeness (QED) is 0.266. The average Bonchev–Trinajstić information content (AvgIpc) is 3.45. The minimum Gasteiger partial charge on any atom is -0.356 e. The van der Waals surface area contributed by atoms with Crippen molar-refractivity contribution in [1.82, 2.24) is 36.1 Å². The Morgan fingerprint density at radius 2 is 1.73 bits per heavy atom. The number of aryl methyl sites for hydroxylation is 1. The number of urea groups is 1. The molecule has 5 amide bonds. The highest BCUT2D eigenvalue weighted by Gasteiger charge is 2.32. The molecule has 4 aliphatic rings. The number of aromatic nitrogens is 1. The summed E-state index contributed by atoms with van der Waals surface area (Å²) in [4.78, 5) is 62.8. The molecular formula is C36H54N8O4S. The standard InChI is InChI=1S/C36H54N8O4S/c1-25-31-24-33(46)40-29(11-6-7-17-38-36(48)41-27-9-4-3-5-10-27)23-32(45)37-18-8-12-30(39-28-15-19-43(2)20-16-28)35(47)44-21-13-26(14-22-44)34(42-31)49-25/h3-5,9-10,26,28-30,39H,6-8,11-24H2,1-2H3,(H,37,45)(H,40,46)(H2,38,41,48)/t29-,30-/m0/s1. The molecule has 4 bridgehead atoms. The molecule has 0 aliphatic carbocycles. The van der Waals surface area contributed by atoms with Gasteiger partial charge in [-0.1, -0.05) is 18.2 Å². The molecule has 4 aliphatic heterocycles. The molecule has 2 atom stereocenters. The zero-order valence-corrected chi connectivity index (χ0v) is 29.9. The van der Waals surface area contributed by atoms with Crippen LogP contribution in [0.3, 0.4) is 0 Å². The van der Waals surface area contributed by atoms with Crippen molar-refractivity contribution >= 4 is 40.8 Å². The highest BCUT2D eigenvalue weighted by atomic mass is 32.1. The van der Waals surface area contributed by atoms with Crippen LogP contribution in [0.5, 0.6) is 0 Å². The second-order valence-electron chi connectivity index (χ2n) is 13.8. The number of amides is 5. The number of unbranched alkanes of at least 4 members (excludes halogenated alkanes) is 1. The van der Waals surface area contributed by atoms with Crippen LogP contribution in [0.25, 0.3) is 0 Å². The molecule has 0 spiro atoms. The molecule has 5 heterocycles. The number of anilines is 1. The first-order valence-corrected chi connectivity index (χ1v) is 18.9. The third-order valence-electron chi connectivity index (χ3n) is 9.93. The number of thiazole rings is 1. The van der Waals surface area contributed by atoms with Crippen molar-refractivity contribution in [2.75, 3.05) is 51.6 Å². The SMILES string of the molecule is Cc1sc2nc1CC(=O)N[C@@H](CCCCNC(=O)Nc1ccccc1)CC(=O)NCCC[C@H](NC1CCN(C)CC1)C(=O)N1CCC2CC1. The second kappa shape index (κ2) is 18.4. The predicted molar refractivity (Wildman–Crippen MR) is 193 cm³/mol. The summed E-state index contributed by atoms with van der Waals surface area (Å²) in [6.45, 7) is 6.42. The number of nitrogens with one attached hydrogen (secondary N) is 5. The van der Waals surface area contributed by atoms with Crippen molar-refractivity contribution in [2.24, 2.45) is 0 Å². The van der Waals surface area contributed by atoms with Gasteiger partial charge in [-0.15, -0.1) is 11.3 Å². The summed E-state index contributed by atoms with van der Waals surface area (Å²) in [6.07, 6.45) is 7.51. The fourth-order valence-electron chi connectivity index (χ4n) is 6.99. The number of carbonyl (C=O) groups excluding carboxylic acids is 4. The lowest BCUT2D eigenvalue weighted by atomic mass is 9.96. The smallest absolute Gasteiger partial charge is 0.319 e. The minimum absolute atomic E-state index is 0.121. The van der Waals surface area contributed by atoms with E-state index >= 15 is 0 Å². The summed E-state index contributed by atoms with van der Waals surface area (Å²) >= 11 is 1.66. The predicted octanol–water partition coefficient (Wildman–Crippen LogP) is 3.53. The lowest BCUT2D eigenvalue weighted by Crippen LogP contribution is -2.53. The zero-order valence-electron chi connectivity index (χ0n) is 29.1. The Kier molecular flexibility index (Phi) is 13.8. The highest BCUT2D eigenvalue weighted by Crippen LogP contribution is 2.33. The number of nitrogens with zero attached hydrogens (tertiary/aromatic N) is 3. The van der Waals surface area contributed by atoms with E-state index in [4.69, 9.17) is 4.98 Å². The van der Waals surface area contributed by atoms with E-state index in [2.05, 4.69) is 38.5 Å².